The predicted octanol–water partition coefficient (Wildman–Crippen LogP) is 6.19. The van der Waals surface area contributed by atoms with Crippen molar-refractivity contribution in [1.82, 2.24) is 10.2 Å². The molecule has 0 aliphatic rings. The lowest BCUT2D eigenvalue weighted by molar-refractivity contribution is -0.140. The maximum atomic E-state index is 14.2. The lowest BCUT2D eigenvalue weighted by atomic mass is 10.1. The predicted molar refractivity (Wildman–Crippen MR) is 170 cm³/mol. The van der Waals surface area contributed by atoms with Gasteiger partial charge in [0.1, 0.15) is 18.3 Å². The number of aryl methyl sites for hydroxylation is 1. The molecule has 226 valence electrons. The van der Waals surface area contributed by atoms with E-state index in [0.717, 1.165) is 9.87 Å². The Balaban J connectivity index is 2.08. The van der Waals surface area contributed by atoms with Crippen molar-refractivity contribution >= 4 is 55.1 Å². The van der Waals surface area contributed by atoms with Crippen LogP contribution in [0.2, 0.25) is 5.02 Å². The van der Waals surface area contributed by atoms with Gasteiger partial charge in [-0.25, -0.2) is 8.42 Å². The number of amides is 2. The van der Waals surface area contributed by atoms with Gasteiger partial charge in [-0.2, -0.15) is 0 Å². The van der Waals surface area contributed by atoms with Crippen molar-refractivity contribution in [2.24, 2.45) is 5.92 Å². The van der Waals surface area contributed by atoms with Crippen LogP contribution in [0.15, 0.2) is 76.1 Å². The van der Waals surface area contributed by atoms with E-state index in [4.69, 9.17) is 16.3 Å². The number of rotatable bonds is 13. The molecule has 3 aromatic carbocycles. The summed E-state index contributed by atoms with van der Waals surface area (Å²) in [5.41, 5.74) is 1.89. The van der Waals surface area contributed by atoms with E-state index < -0.39 is 28.5 Å². The number of ether oxygens (including phenoxy) is 1. The summed E-state index contributed by atoms with van der Waals surface area (Å²) in [6.45, 7) is 7.61. The van der Waals surface area contributed by atoms with Gasteiger partial charge in [0, 0.05) is 18.1 Å². The van der Waals surface area contributed by atoms with Crippen molar-refractivity contribution in [3.63, 3.8) is 0 Å². The maximum Gasteiger partial charge on any atom is 0.264 e. The average Bonchev–Trinajstić information content (AvgIpc) is 2.96. The van der Waals surface area contributed by atoms with Gasteiger partial charge in [0.05, 0.1) is 22.2 Å². The van der Waals surface area contributed by atoms with E-state index in [9.17, 15) is 18.0 Å². The Hall–Kier alpha value is -3.08. The summed E-state index contributed by atoms with van der Waals surface area (Å²) in [4.78, 5) is 28.9. The van der Waals surface area contributed by atoms with E-state index in [1.807, 2.05) is 27.7 Å². The van der Waals surface area contributed by atoms with E-state index in [-0.39, 0.29) is 23.3 Å². The molecule has 0 unspecified atom stereocenters. The summed E-state index contributed by atoms with van der Waals surface area (Å²) >= 11 is 9.81. The van der Waals surface area contributed by atoms with Crippen molar-refractivity contribution in [3.8, 4) is 5.75 Å². The van der Waals surface area contributed by atoms with Crippen LogP contribution in [-0.4, -0.2) is 51.4 Å². The molecule has 0 fully saturated rings. The SMILES string of the molecule is CC[C@H](C(=O)NCC(C)C)N(Cc1ccccc1Cl)C(=O)CN(c1ccc(C)cc1)S(=O)(=O)c1ccc(OC)c(Br)c1. The summed E-state index contributed by atoms with van der Waals surface area (Å²) < 4.78 is 35.0. The van der Waals surface area contributed by atoms with Gasteiger partial charge in [0.2, 0.25) is 11.8 Å². The Bertz CT molecular complexity index is 1500. The Morgan fingerprint density at radius 1 is 1.05 bits per heavy atom. The first kappa shape index (κ1) is 33.4. The zero-order valence-corrected chi connectivity index (χ0v) is 27.6. The van der Waals surface area contributed by atoms with E-state index >= 15 is 0 Å². The summed E-state index contributed by atoms with van der Waals surface area (Å²) in [6, 6.07) is 17.5. The summed E-state index contributed by atoms with van der Waals surface area (Å²) in [6.07, 6.45) is 0.322. The highest BCUT2D eigenvalue weighted by atomic mass is 79.9. The second kappa shape index (κ2) is 14.9. The van der Waals surface area contributed by atoms with E-state index in [1.165, 1.54) is 24.1 Å². The number of carbonyl (C=O) groups excluding carboxylic acids is 2. The zero-order chi connectivity index (χ0) is 31.0. The van der Waals surface area contributed by atoms with Gasteiger partial charge in [-0.1, -0.05) is 68.3 Å². The minimum absolute atomic E-state index is 0.0251. The zero-order valence-electron chi connectivity index (χ0n) is 24.4. The molecule has 0 aliphatic carbocycles. The number of carbonyl (C=O) groups is 2. The lowest BCUT2D eigenvalue weighted by Gasteiger charge is -2.33. The fourth-order valence-electron chi connectivity index (χ4n) is 4.33. The maximum absolute atomic E-state index is 14.2. The number of nitrogens with zero attached hydrogens (tertiary/aromatic N) is 2. The highest BCUT2D eigenvalue weighted by molar-refractivity contribution is 9.10. The van der Waals surface area contributed by atoms with Gasteiger partial charge in [-0.3, -0.25) is 13.9 Å². The first-order valence-electron chi connectivity index (χ1n) is 13.6. The number of anilines is 1. The van der Waals surface area contributed by atoms with Crippen molar-refractivity contribution in [1.29, 1.82) is 0 Å². The molecular weight excluding hydrogens is 642 g/mol. The first-order valence-corrected chi connectivity index (χ1v) is 16.2. The highest BCUT2D eigenvalue weighted by Crippen LogP contribution is 2.31. The van der Waals surface area contributed by atoms with Gasteiger partial charge < -0.3 is 15.0 Å². The van der Waals surface area contributed by atoms with E-state index in [2.05, 4.69) is 21.2 Å². The van der Waals surface area contributed by atoms with Crippen LogP contribution in [0.1, 0.15) is 38.3 Å². The third kappa shape index (κ3) is 8.26. The third-order valence-corrected chi connectivity index (χ3v) is 9.44. The summed E-state index contributed by atoms with van der Waals surface area (Å²) in [5, 5.41) is 3.36. The molecule has 11 heteroatoms. The van der Waals surface area contributed by atoms with Crippen LogP contribution in [0.5, 0.6) is 5.75 Å². The number of nitrogens with one attached hydrogen (secondary N) is 1. The standard InChI is InChI=1S/C31H37BrClN3O5S/c1-6-28(31(38)34-18-21(2)3)35(19-23-9-7-8-10-27(23)33)30(37)20-36(24-13-11-22(4)12-14-24)42(39,40)25-15-16-29(41-5)26(32)17-25/h7-17,21,28H,6,18-20H2,1-5H3,(H,34,38)/t28-/m1/s1. The average molecular weight is 679 g/mol. The minimum Gasteiger partial charge on any atom is -0.496 e. The molecule has 8 nitrogen and oxygen atoms in total. The Morgan fingerprint density at radius 2 is 1.71 bits per heavy atom. The topological polar surface area (TPSA) is 96.0 Å². The number of sulfonamides is 1. The van der Waals surface area contributed by atoms with Crippen molar-refractivity contribution < 1.29 is 22.7 Å². The van der Waals surface area contributed by atoms with Gasteiger partial charge in [-0.05, 0) is 77.2 Å². The van der Waals surface area contributed by atoms with Crippen molar-refractivity contribution in [3.05, 3.63) is 87.4 Å². The molecule has 1 N–H and O–H groups in total. The van der Waals surface area contributed by atoms with Crippen LogP contribution in [0.4, 0.5) is 5.69 Å². The number of hydrogen-bond donors (Lipinski definition) is 1. The van der Waals surface area contributed by atoms with E-state index in [1.54, 1.807) is 54.6 Å². The van der Waals surface area contributed by atoms with Gasteiger partial charge in [0.25, 0.3) is 10.0 Å². The van der Waals surface area contributed by atoms with Crippen LogP contribution >= 0.6 is 27.5 Å². The molecule has 0 saturated carbocycles. The second-order valence-corrected chi connectivity index (χ2v) is 13.4. The minimum atomic E-state index is -4.22. The number of hydrogen-bond acceptors (Lipinski definition) is 5. The highest BCUT2D eigenvalue weighted by Gasteiger charge is 2.34. The Morgan fingerprint density at radius 3 is 2.29 bits per heavy atom. The van der Waals surface area contributed by atoms with Gasteiger partial charge in [-0.15, -0.1) is 0 Å². The molecule has 0 heterocycles. The molecule has 0 aromatic heterocycles. The molecular formula is C31H37BrClN3O5S. The smallest absolute Gasteiger partial charge is 0.264 e. The van der Waals surface area contributed by atoms with Crippen LogP contribution in [0, 0.1) is 12.8 Å². The molecule has 3 rings (SSSR count). The molecule has 0 radical (unpaired) electrons. The van der Waals surface area contributed by atoms with Gasteiger partial charge in [0.15, 0.2) is 0 Å². The molecule has 3 aromatic rings. The normalized spacial score (nSPS) is 12.1. The van der Waals surface area contributed by atoms with Crippen LogP contribution in [0.25, 0.3) is 0 Å². The molecule has 1 atom stereocenters. The summed E-state index contributed by atoms with van der Waals surface area (Å²) in [5.74, 6) is -0.171. The van der Waals surface area contributed by atoms with Crippen LogP contribution < -0.4 is 14.4 Å². The van der Waals surface area contributed by atoms with Crippen LogP contribution in [-0.2, 0) is 26.2 Å². The fourth-order valence-corrected chi connectivity index (χ4v) is 6.66. The number of halogens is 2. The van der Waals surface area contributed by atoms with Crippen LogP contribution in [0.3, 0.4) is 0 Å². The fraction of sp³-hybridized carbons (Fsp3) is 0.355. The molecule has 2 amide bonds. The monoisotopic (exact) mass is 677 g/mol. The van der Waals surface area contributed by atoms with Gasteiger partial charge >= 0.3 is 0 Å². The quantitative estimate of drug-likeness (QED) is 0.233. The Kier molecular flexibility index (Phi) is 11.8. The first-order chi connectivity index (χ1) is 19.9. The van der Waals surface area contributed by atoms with Crippen molar-refractivity contribution in [2.75, 3.05) is 24.5 Å². The number of benzene rings is 3. The molecule has 0 saturated heterocycles. The third-order valence-electron chi connectivity index (χ3n) is 6.68. The summed E-state index contributed by atoms with van der Waals surface area (Å²) in [7, 11) is -2.74. The van der Waals surface area contributed by atoms with Crippen molar-refractivity contribution in [2.45, 2.75) is 51.6 Å². The largest absolute Gasteiger partial charge is 0.496 e. The number of methoxy groups -OCH3 is 1. The molecule has 0 spiro atoms. The lowest BCUT2D eigenvalue weighted by Crippen LogP contribution is -2.52. The second-order valence-electron chi connectivity index (χ2n) is 10.3. The molecule has 0 bridgehead atoms. The molecule has 42 heavy (non-hydrogen) atoms. The van der Waals surface area contributed by atoms with E-state index in [0.29, 0.717) is 39.5 Å². The Labute approximate surface area is 262 Å². The molecule has 0 aliphatic heterocycles.